The molecule has 0 aromatic heterocycles. The quantitative estimate of drug-likeness (QED) is 0.103. The van der Waals surface area contributed by atoms with Crippen molar-refractivity contribution < 1.29 is 33.3 Å². The smallest absolute Gasteiger partial charge is 0.407 e. The minimum Gasteiger partial charge on any atom is -0.496 e. The average molecular weight is 649 g/mol. The SMILES string of the molecule is C=CCCCCC[C@H](NC(=O)OCCC(C)(C)CC=C)C(=O)N1C[C@](OC)(c2ccc3cc(OC)c(C=C)cc3c2)C[C@H]1C(=O)OC. The molecule has 0 spiro atoms. The number of amides is 2. The molecule has 9 nitrogen and oxygen atoms in total. The fourth-order valence-electron chi connectivity index (χ4n) is 6.21. The lowest BCUT2D eigenvalue weighted by molar-refractivity contribution is -0.151. The largest absolute Gasteiger partial charge is 0.496 e. The minimum atomic E-state index is -0.997. The van der Waals surface area contributed by atoms with Gasteiger partial charge < -0.3 is 29.2 Å². The third kappa shape index (κ3) is 9.47. The van der Waals surface area contributed by atoms with Gasteiger partial charge in [0.1, 0.15) is 23.4 Å². The fourth-order valence-corrected chi connectivity index (χ4v) is 6.21. The van der Waals surface area contributed by atoms with Crippen molar-refractivity contribution in [1.82, 2.24) is 10.2 Å². The van der Waals surface area contributed by atoms with Crippen molar-refractivity contribution >= 4 is 34.8 Å². The zero-order valence-electron chi connectivity index (χ0n) is 28.8. The Morgan fingerprint density at radius 2 is 1.81 bits per heavy atom. The van der Waals surface area contributed by atoms with E-state index in [1.807, 2.05) is 42.5 Å². The summed E-state index contributed by atoms with van der Waals surface area (Å²) in [6.45, 7) is 15.9. The molecule has 0 radical (unpaired) electrons. The molecule has 9 heteroatoms. The first kappa shape index (κ1) is 37.3. The van der Waals surface area contributed by atoms with E-state index in [1.165, 1.54) is 12.0 Å². The number of hydrogen-bond donors (Lipinski definition) is 1. The van der Waals surface area contributed by atoms with Gasteiger partial charge in [0.2, 0.25) is 5.91 Å². The summed E-state index contributed by atoms with van der Waals surface area (Å²) in [6.07, 6.45) is 10.1. The monoisotopic (exact) mass is 648 g/mol. The highest BCUT2D eigenvalue weighted by atomic mass is 16.5. The van der Waals surface area contributed by atoms with E-state index in [4.69, 9.17) is 18.9 Å². The number of unbranched alkanes of at least 4 members (excludes halogenated alkanes) is 3. The second-order valence-corrected chi connectivity index (χ2v) is 12.9. The summed E-state index contributed by atoms with van der Waals surface area (Å²) >= 11 is 0. The minimum absolute atomic E-state index is 0.0722. The Bertz CT molecular complexity index is 1430. The van der Waals surface area contributed by atoms with Crippen LogP contribution in [0.25, 0.3) is 16.8 Å². The second kappa shape index (κ2) is 17.2. The van der Waals surface area contributed by atoms with Crippen molar-refractivity contribution in [2.75, 3.05) is 34.5 Å². The van der Waals surface area contributed by atoms with E-state index in [1.54, 1.807) is 20.3 Å². The highest BCUT2D eigenvalue weighted by molar-refractivity contribution is 5.91. The number of fused-ring (bicyclic) bond motifs is 1. The van der Waals surface area contributed by atoms with Crippen LogP contribution in [0.15, 0.2) is 62.2 Å². The maximum atomic E-state index is 14.3. The Morgan fingerprint density at radius 1 is 1.04 bits per heavy atom. The zero-order chi connectivity index (χ0) is 34.6. The first-order valence-electron chi connectivity index (χ1n) is 16.3. The lowest BCUT2D eigenvalue weighted by atomic mass is 9.86. The summed E-state index contributed by atoms with van der Waals surface area (Å²) in [5, 5.41) is 4.71. The summed E-state index contributed by atoms with van der Waals surface area (Å²) in [5.74, 6) is -0.216. The fraction of sp³-hybridized carbons (Fsp3) is 0.500. The number of esters is 1. The molecule has 3 rings (SSSR count). The number of alkyl carbamates (subject to hydrolysis) is 1. The first-order valence-corrected chi connectivity index (χ1v) is 16.3. The van der Waals surface area contributed by atoms with E-state index < -0.39 is 29.7 Å². The molecule has 1 heterocycles. The molecule has 0 bridgehead atoms. The van der Waals surface area contributed by atoms with Gasteiger partial charge in [0, 0.05) is 19.1 Å². The van der Waals surface area contributed by atoms with E-state index in [-0.39, 0.29) is 30.9 Å². The van der Waals surface area contributed by atoms with Crippen molar-refractivity contribution in [3.05, 3.63) is 73.3 Å². The molecule has 0 aliphatic carbocycles. The van der Waals surface area contributed by atoms with Crippen LogP contribution in [0.4, 0.5) is 4.79 Å². The van der Waals surface area contributed by atoms with Crippen LogP contribution >= 0.6 is 0 Å². The highest BCUT2D eigenvalue weighted by Gasteiger charge is 2.52. The first-order chi connectivity index (χ1) is 22.5. The molecule has 1 aliphatic heterocycles. The number of allylic oxidation sites excluding steroid dienone is 2. The Balaban J connectivity index is 1.90. The molecule has 2 aromatic rings. The van der Waals surface area contributed by atoms with Gasteiger partial charge in [-0.2, -0.15) is 0 Å². The number of nitrogens with one attached hydrogen (secondary N) is 1. The van der Waals surface area contributed by atoms with Crippen molar-refractivity contribution in [3.63, 3.8) is 0 Å². The van der Waals surface area contributed by atoms with Gasteiger partial charge in [0.25, 0.3) is 0 Å². The van der Waals surface area contributed by atoms with Gasteiger partial charge in [0.15, 0.2) is 0 Å². The molecule has 1 N–H and O–H groups in total. The van der Waals surface area contributed by atoms with Crippen molar-refractivity contribution in [3.8, 4) is 5.75 Å². The van der Waals surface area contributed by atoms with Crippen LogP contribution in [0.5, 0.6) is 5.75 Å². The predicted molar refractivity (Wildman–Crippen MR) is 186 cm³/mol. The van der Waals surface area contributed by atoms with Gasteiger partial charge >= 0.3 is 12.1 Å². The normalized spacial score (nSPS) is 18.3. The number of likely N-dealkylation sites (tertiary alicyclic amines) is 1. The molecule has 1 aliphatic rings. The van der Waals surface area contributed by atoms with Gasteiger partial charge in [-0.1, -0.05) is 63.6 Å². The molecule has 1 fully saturated rings. The average Bonchev–Trinajstić information content (AvgIpc) is 3.47. The third-order valence-electron chi connectivity index (χ3n) is 9.11. The van der Waals surface area contributed by atoms with Crippen LogP contribution in [0, 0.1) is 5.41 Å². The molecular formula is C38H52N2O7. The lowest BCUT2D eigenvalue weighted by Gasteiger charge is -2.30. The molecule has 2 amide bonds. The Morgan fingerprint density at radius 3 is 2.45 bits per heavy atom. The second-order valence-electron chi connectivity index (χ2n) is 12.9. The highest BCUT2D eigenvalue weighted by Crippen LogP contribution is 2.41. The van der Waals surface area contributed by atoms with Gasteiger partial charge in [-0.05, 0) is 72.1 Å². The number of carbonyl (C=O) groups excluding carboxylic acids is 3. The third-order valence-corrected chi connectivity index (χ3v) is 9.11. The number of hydrogen-bond acceptors (Lipinski definition) is 7. The number of rotatable bonds is 18. The van der Waals surface area contributed by atoms with Crippen LogP contribution < -0.4 is 10.1 Å². The summed E-state index contributed by atoms with van der Waals surface area (Å²) in [6, 6.07) is 8.05. The molecule has 256 valence electrons. The number of carbonyl (C=O) groups is 3. The van der Waals surface area contributed by atoms with Gasteiger partial charge in [-0.15, -0.1) is 13.2 Å². The van der Waals surface area contributed by atoms with E-state index in [9.17, 15) is 14.4 Å². The topological polar surface area (TPSA) is 103 Å². The van der Waals surface area contributed by atoms with E-state index in [0.29, 0.717) is 25.0 Å². The summed E-state index contributed by atoms with van der Waals surface area (Å²) in [5.41, 5.74) is 0.588. The van der Waals surface area contributed by atoms with E-state index in [0.717, 1.165) is 47.6 Å². The standard InChI is InChI=1S/C38H52N2O7/c1-9-12-13-14-15-16-31(39-36(43)47-21-20-37(4,5)19-10-2)34(41)40-26-38(46-8,25-32(40)35(42)45-7)30-18-17-28-24-33(44-6)27(11-3)22-29(28)23-30/h9-11,17-18,22-24,31-32H,1-3,12-16,19-21,25-26H2,4-8H3,(H,39,43)/t31-,32-,38-/m0/s1. The Kier molecular flexibility index (Phi) is 13.6. The maximum Gasteiger partial charge on any atom is 0.407 e. The van der Waals surface area contributed by atoms with Gasteiger partial charge in [-0.25, -0.2) is 9.59 Å². The number of nitrogens with zero attached hydrogens (tertiary/aromatic N) is 1. The van der Waals surface area contributed by atoms with E-state index >= 15 is 0 Å². The molecular weight excluding hydrogens is 596 g/mol. The molecule has 1 saturated heterocycles. The van der Waals surface area contributed by atoms with Crippen LogP contribution in [0.3, 0.4) is 0 Å². The number of benzene rings is 2. The van der Waals surface area contributed by atoms with Crippen molar-refractivity contribution in [2.45, 2.75) is 82.9 Å². The summed E-state index contributed by atoms with van der Waals surface area (Å²) in [7, 11) is 4.50. The zero-order valence-corrected chi connectivity index (χ0v) is 28.8. The summed E-state index contributed by atoms with van der Waals surface area (Å²) in [4.78, 5) is 41.9. The maximum absolute atomic E-state index is 14.3. The molecule has 47 heavy (non-hydrogen) atoms. The van der Waals surface area contributed by atoms with Gasteiger partial charge in [0.05, 0.1) is 27.4 Å². The van der Waals surface area contributed by atoms with Crippen LogP contribution in [-0.2, 0) is 29.4 Å². The van der Waals surface area contributed by atoms with Gasteiger partial charge in [-0.3, -0.25) is 4.79 Å². The van der Waals surface area contributed by atoms with Crippen molar-refractivity contribution in [1.29, 1.82) is 0 Å². The van der Waals surface area contributed by atoms with Crippen molar-refractivity contribution in [2.24, 2.45) is 5.41 Å². The Labute approximate surface area is 280 Å². The molecule has 2 aromatic carbocycles. The van der Waals surface area contributed by atoms with Crippen LogP contribution in [0.2, 0.25) is 0 Å². The number of methoxy groups -OCH3 is 3. The van der Waals surface area contributed by atoms with E-state index in [2.05, 4.69) is 38.9 Å². The Hall–Kier alpha value is -4.11. The van der Waals surface area contributed by atoms with Crippen LogP contribution in [-0.4, -0.2) is 69.4 Å². The molecule has 0 unspecified atom stereocenters. The molecule has 0 saturated carbocycles. The predicted octanol–water partition coefficient (Wildman–Crippen LogP) is 7.33. The number of ether oxygens (including phenoxy) is 4. The lowest BCUT2D eigenvalue weighted by Crippen LogP contribution is -2.52. The van der Waals surface area contributed by atoms with Crippen LogP contribution in [0.1, 0.15) is 76.3 Å². The molecule has 3 atom stereocenters. The summed E-state index contributed by atoms with van der Waals surface area (Å²) < 4.78 is 22.3.